The Hall–Kier alpha value is -0.980. The number of aromatic nitrogens is 1. The van der Waals surface area contributed by atoms with Crippen LogP contribution < -0.4 is 5.32 Å². The summed E-state index contributed by atoms with van der Waals surface area (Å²) in [5.74, 6) is 0.383. The second-order valence-corrected chi connectivity index (χ2v) is 7.89. The Morgan fingerprint density at radius 2 is 2.24 bits per heavy atom. The third-order valence-corrected chi connectivity index (χ3v) is 5.40. The Bertz CT molecular complexity index is 574. The van der Waals surface area contributed by atoms with Crippen LogP contribution in [0.25, 0.3) is 0 Å². The zero-order valence-corrected chi connectivity index (χ0v) is 13.9. The Morgan fingerprint density at radius 3 is 2.86 bits per heavy atom. The number of nitrogens with zero attached hydrogens (tertiary/aromatic N) is 2. The largest absolute Gasteiger partial charge is 0.312 e. The molecule has 1 N–H and O–H groups in total. The van der Waals surface area contributed by atoms with Gasteiger partial charge in [0.05, 0.1) is 11.9 Å². The number of rotatable bonds is 5. The van der Waals surface area contributed by atoms with E-state index in [9.17, 15) is 8.42 Å². The summed E-state index contributed by atoms with van der Waals surface area (Å²) in [5.41, 5.74) is 2.04. The average Bonchev–Trinajstić information content (AvgIpc) is 2.44. The number of pyridine rings is 1. The quantitative estimate of drug-likeness (QED) is 0.899. The molecule has 1 aromatic rings. The van der Waals surface area contributed by atoms with Crippen molar-refractivity contribution in [1.29, 1.82) is 0 Å². The minimum absolute atomic E-state index is 0.175. The van der Waals surface area contributed by atoms with Crippen LogP contribution in [0.15, 0.2) is 18.2 Å². The molecule has 5 nitrogen and oxygen atoms in total. The maximum Gasteiger partial charge on any atom is 0.211 e. The van der Waals surface area contributed by atoms with Gasteiger partial charge >= 0.3 is 0 Å². The summed E-state index contributed by atoms with van der Waals surface area (Å²) < 4.78 is 25.0. The van der Waals surface area contributed by atoms with Crippen LogP contribution in [0.2, 0.25) is 0 Å². The van der Waals surface area contributed by atoms with E-state index < -0.39 is 10.0 Å². The first-order valence-electron chi connectivity index (χ1n) is 7.46. The van der Waals surface area contributed by atoms with Crippen molar-refractivity contribution in [2.75, 3.05) is 26.4 Å². The van der Waals surface area contributed by atoms with Gasteiger partial charge in [-0.15, -0.1) is 0 Å². The van der Waals surface area contributed by atoms with E-state index in [0.29, 0.717) is 19.0 Å². The van der Waals surface area contributed by atoms with Crippen molar-refractivity contribution in [3.8, 4) is 0 Å². The number of nitrogens with one attached hydrogen (secondary N) is 1. The van der Waals surface area contributed by atoms with Crippen LogP contribution in [0, 0.1) is 12.8 Å². The molecule has 2 rings (SSSR count). The van der Waals surface area contributed by atoms with Crippen molar-refractivity contribution in [1.82, 2.24) is 14.6 Å². The second kappa shape index (κ2) is 6.85. The van der Waals surface area contributed by atoms with Crippen LogP contribution >= 0.6 is 0 Å². The summed E-state index contributed by atoms with van der Waals surface area (Å²) in [7, 11) is -1.14. The molecule has 6 heteroatoms. The first kappa shape index (κ1) is 16.4. The normalized spacial score (nSPS) is 22.1. The predicted molar refractivity (Wildman–Crippen MR) is 84.5 cm³/mol. The molecule has 1 aromatic heterocycles. The van der Waals surface area contributed by atoms with Crippen molar-refractivity contribution < 1.29 is 8.42 Å². The second-order valence-electron chi connectivity index (χ2n) is 5.91. The topological polar surface area (TPSA) is 62.3 Å². The van der Waals surface area contributed by atoms with Crippen LogP contribution in [0.4, 0.5) is 0 Å². The fraction of sp³-hybridized carbons (Fsp3) is 0.667. The van der Waals surface area contributed by atoms with Gasteiger partial charge < -0.3 is 5.32 Å². The van der Waals surface area contributed by atoms with Gasteiger partial charge in [-0.05, 0) is 51.3 Å². The summed E-state index contributed by atoms with van der Waals surface area (Å²) in [6.45, 7) is 3.27. The molecule has 2 unspecified atom stereocenters. The van der Waals surface area contributed by atoms with E-state index >= 15 is 0 Å². The third kappa shape index (κ3) is 4.49. The molecule has 2 atom stereocenters. The number of piperidine rings is 1. The van der Waals surface area contributed by atoms with Gasteiger partial charge in [0, 0.05) is 24.8 Å². The molecule has 1 aliphatic rings. The van der Waals surface area contributed by atoms with Gasteiger partial charge in [0.1, 0.15) is 0 Å². The van der Waals surface area contributed by atoms with Crippen molar-refractivity contribution in [2.24, 2.45) is 5.92 Å². The van der Waals surface area contributed by atoms with Crippen LogP contribution in [0.3, 0.4) is 0 Å². The SMILES string of the molecule is CNC(CC1CCCN(S(C)(=O)=O)C1)c1cccc(C)n1. The van der Waals surface area contributed by atoms with Gasteiger partial charge in [-0.2, -0.15) is 0 Å². The molecule has 0 saturated carbocycles. The average molecular weight is 311 g/mol. The molecular formula is C15H25N3O2S. The fourth-order valence-corrected chi connectivity index (χ4v) is 3.94. The Morgan fingerprint density at radius 1 is 1.48 bits per heavy atom. The Kier molecular flexibility index (Phi) is 5.35. The van der Waals surface area contributed by atoms with Crippen molar-refractivity contribution in [2.45, 2.75) is 32.2 Å². The zero-order valence-electron chi connectivity index (χ0n) is 13.0. The molecule has 0 radical (unpaired) electrons. The lowest BCUT2D eigenvalue weighted by molar-refractivity contribution is 0.239. The molecule has 1 aliphatic heterocycles. The van der Waals surface area contributed by atoms with Crippen molar-refractivity contribution in [3.63, 3.8) is 0 Å². The summed E-state index contributed by atoms with van der Waals surface area (Å²) in [6, 6.07) is 6.22. The molecule has 0 aliphatic carbocycles. The smallest absolute Gasteiger partial charge is 0.211 e. The molecule has 0 amide bonds. The molecule has 0 spiro atoms. The molecule has 2 heterocycles. The van der Waals surface area contributed by atoms with Crippen LogP contribution in [-0.4, -0.2) is 44.1 Å². The lowest BCUT2D eigenvalue weighted by atomic mass is 9.91. The number of hydrogen-bond acceptors (Lipinski definition) is 4. The van der Waals surface area contributed by atoms with Gasteiger partial charge in [-0.25, -0.2) is 12.7 Å². The van der Waals surface area contributed by atoms with Crippen LogP contribution in [0.1, 0.15) is 36.7 Å². The van der Waals surface area contributed by atoms with Gasteiger partial charge in [0.15, 0.2) is 0 Å². The zero-order chi connectivity index (χ0) is 15.5. The standard InChI is InChI=1S/C15H25N3O2S/c1-12-6-4-8-14(17-12)15(16-2)10-13-7-5-9-18(11-13)21(3,19)20/h4,6,8,13,15-16H,5,7,9-11H2,1-3H3. The first-order chi connectivity index (χ1) is 9.90. The van der Waals surface area contributed by atoms with E-state index in [1.165, 1.54) is 6.26 Å². The summed E-state index contributed by atoms with van der Waals surface area (Å²) in [4.78, 5) is 4.58. The Balaban J connectivity index is 2.05. The number of hydrogen-bond donors (Lipinski definition) is 1. The van der Waals surface area contributed by atoms with Gasteiger partial charge in [0.25, 0.3) is 0 Å². The molecule has 21 heavy (non-hydrogen) atoms. The van der Waals surface area contributed by atoms with Crippen molar-refractivity contribution >= 4 is 10.0 Å². The highest BCUT2D eigenvalue weighted by atomic mass is 32.2. The molecule has 1 fully saturated rings. The lowest BCUT2D eigenvalue weighted by Gasteiger charge is -2.32. The number of aryl methyl sites for hydroxylation is 1. The summed E-state index contributed by atoms with van der Waals surface area (Å²) in [6.07, 6.45) is 4.23. The Labute approximate surface area is 127 Å². The van der Waals surface area contributed by atoms with Crippen molar-refractivity contribution in [3.05, 3.63) is 29.6 Å². The summed E-state index contributed by atoms with van der Waals surface area (Å²) >= 11 is 0. The minimum atomic E-state index is -3.08. The monoisotopic (exact) mass is 311 g/mol. The van der Waals surface area contributed by atoms with E-state index in [-0.39, 0.29) is 6.04 Å². The molecule has 1 saturated heterocycles. The molecular weight excluding hydrogens is 286 g/mol. The highest BCUT2D eigenvalue weighted by Crippen LogP contribution is 2.27. The van der Waals surface area contributed by atoms with E-state index in [1.54, 1.807) is 4.31 Å². The van der Waals surface area contributed by atoms with Gasteiger partial charge in [0.2, 0.25) is 10.0 Å². The minimum Gasteiger partial charge on any atom is -0.312 e. The van der Waals surface area contributed by atoms with Gasteiger partial charge in [-0.1, -0.05) is 6.07 Å². The maximum absolute atomic E-state index is 11.7. The van der Waals surface area contributed by atoms with E-state index in [4.69, 9.17) is 0 Å². The highest BCUT2D eigenvalue weighted by molar-refractivity contribution is 7.88. The maximum atomic E-state index is 11.7. The molecule has 0 bridgehead atoms. The molecule has 118 valence electrons. The molecule has 0 aromatic carbocycles. The van der Waals surface area contributed by atoms with E-state index in [0.717, 1.165) is 30.7 Å². The van der Waals surface area contributed by atoms with Crippen LogP contribution in [0.5, 0.6) is 0 Å². The van der Waals surface area contributed by atoms with Crippen LogP contribution in [-0.2, 0) is 10.0 Å². The first-order valence-corrected chi connectivity index (χ1v) is 9.31. The van der Waals surface area contributed by atoms with E-state index in [2.05, 4.69) is 10.3 Å². The fourth-order valence-electron chi connectivity index (χ4n) is 3.00. The highest BCUT2D eigenvalue weighted by Gasteiger charge is 2.28. The predicted octanol–water partition coefficient (Wildman–Crippen LogP) is 1.71. The lowest BCUT2D eigenvalue weighted by Crippen LogP contribution is -2.40. The number of sulfonamides is 1. The van der Waals surface area contributed by atoms with Gasteiger partial charge in [-0.3, -0.25) is 4.98 Å². The third-order valence-electron chi connectivity index (χ3n) is 4.14. The van der Waals surface area contributed by atoms with E-state index in [1.807, 2.05) is 32.2 Å². The summed E-state index contributed by atoms with van der Waals surface area (Å²) in [5, 5.41) is 3.32.